The van der Waals surface area contributed by atoms with Crippen molar-refractivity contribution in [1.29, 1.82) is 0 Å². The molecule has 228 valence electrons. The number of hydrogen-bond acceptors (Lipinski definition) is 7. The topological polar surface area (TPSA) is 118 Å². The van der Waals surface area contributed by atoms with Gasteiger partial charge in [-0.05, 0) is 52.1 Å². The number of nitrogens with zero attached hydrogens (tertiary/aromatic N) is 1. The third kappa shape index (κ3) is 8.33. The van der Waals surface area contributed by atoms with Gasteiger partial charge >= 0.3 is 5.97 Å². The first-order chi connectivity index (χ1) is 21.4. The van der Waals surface area contributed by atoms with Crippen LogP contribution in [-0.2, 0) is 32.2 Å². The van der Waals surface area contributed by atoms with Crippen LogP contribution in [0.15, 0.2) is 102 Å². The molecule has 0 bridgehead atoms. The molecular formula is C35H36N2O6S. The van der Waals surface area contributed by atoms with Crippen molar-refractivity contribution in [3.8, 4) is 11.1 Å². The van der Waals surface area contributed by atoms with Crippen LogP contribution in [0.5, 0.6) is 0 Å². The quantitative estimate of drug-likeness (QED) is 0.160. The highest BCUT2D eigenvalue weighted by Gasteiger charge is 2.38. The molecule has 0 saturated carbocycles. The minimum atomic E-state index is -0.994. The second kappa shape index (κ2) is 15.1. The Morgan fingerprint density at radius 2 is 1.64 bits per heavy atom. The summed E-state index contributed by atoms with van der Waals surface area (Å²) in [7, 11) is 0. The molecule has 8 nitrogen and oxygen atoms in total. The normalized spacial score (nSPS) is 19.8. The molecule has 0 spiro atoms. The molecule has 4 aromatic rings. The molecule has 0 unspecified atom stereocenters. The summed E-state index contributed by atoms with van der Waals surface area (Å²) in [4.78, 5) is 27.2. The van der Waals surface area contributed by atoms with Crippen LogP contribution in [0.2, 0.25) is 0 Å². The molecule has 0 aliphatic carbocycles. The predicted molar refractivity (Wildman–Crippen MR) is 169 cm³/mol. The summed E-state index contributed by atoms with van der Waals surface area (Å²) in [5, 5.41) is 22.1. The second-order valence-corrected chi connectivity index (χ2v) is 11.8. The number of nitrogens with one attached hydrogen (secondary N) is 1. The van der Waals surface area contributed by atoms with Crippen LogP contribution in [0.25, 0.3) is 11.1 Å². The van der Waals surface area contributed by atoms with Crippen molar-refractivity contribution in [3.63, 3.8) is 0 Å². The molecule has 2 heterocycles. The van der Waals surface area contributed by atoms with Gasteiger partial charge in [0.15, 0.2) is 6.29 Å². The Balaban J connectivity index is 1.35. The fraction of sp³-hybridized carbons (Fsp3) is 0.286. The molecule has 1 aromatic heterocycles. The van der Waals surface area contributed by atoms with Gasteiger partial charge in [0.25, 0.3) is 0 Å². The monoisotopic (exact) mass is 612 g/mol. The van der Waals surface area contributed by atoms with E-state index in [1.807, 2.05) is 84.9 Å². The van der Waals surface area contributed by atoms with Gasteiger partial charge in [-0.25, -0.2) is 4.98 Å². The number of carbonyl (C=O) groups is 2. The first kappa shape index (κ1) is 31.4. The van der Waals surface area contributed by atoms with Gasteiger partial charge in [0.2, 0.25) is 5.91 Å². The number of aliphatic hydroxyl groups is 1. The number of carboxylic acid groups (broad SMARTS) is 1. The Morgan fingerprint density at radius 3 is 2.36 bits per heavy atom. The molecule has 4 atom stereocenters. The standard InChI is InChI=1S/C35H36N2O6S/c1-23-30(22-44-32-10-2-3-17-36-32)42-35(43-34(23)26-13-11-24(21-38)12-14-26)29-9-5-8-28(19-29)27-7-4-6-25(18-27)20-37-31(39)15-16-33(40)41/h2-14,17-19,23,30,34-35,38H,15-16,20-22H2,1H3,(H,37,39)(H,40,41)/t23-,30+,34+,35+/m0/s1. The number of aliphatic carboxylic acids is 1. The van der Waals surface area contributed by atoms with Gasteiger partial charge in [0.05, 0.1) is 30.3 Å². The number of hydrogen-bond donors (Lipinski definition) is 3. The fourth-order valence-electron chi connectivity index (χ4n) is 5.15. The SMILES string of the molecule is C[C@H]1[C@@H](CSc2ccccn2)O[C@@H](c2cccc(-c3cccc(CNC(=O)CCC(=O)O)c3)c2)O[C@H]1c1ccc(CO)cc1. The Hall–Kier alpha value is -4.02. The van der Waals surface area contributed by atoms with E-state index >= 15 is 0 Å². The van der Waals surface area contributed by atoms with Crippen LogP contribution in [0.1, 0.15) is 54.4 Å². The van der Waals surface area contributed by atoms with Gasteiger partial charge in [0.1, 0.15) is 0 Å². The summed E-state index contributed by atoms with van der Waals surface area (Å²) in [5.74, 6) is -0.514. The summed E-state index contributed by atoms with van der Waals surface area (Å²) in [5.41, 5.74) is 5.65. The highest BCUT2D eigenvalue weighted by molar-refractivity contribution is 7.99. The number of rotatable bonds is 12. The van der Waals surface area contributed by atoms with Crippen LogP contribution < -0.4 is 5.32 Å². The molecule has 5 rings (SSSR count). The van der Waals surface area contributed by atoms with Crippen molar-refractivity contribution < 1.29 is 29.3 Å². The second-order valence-electron chi connectivity index (χ2n) is 10.8. The zero-order chi connectivity index (χ0) is 30.9. The van der Waals surface area contributed by atoms with Gasteiger partial charge in [-0.2, -0.15) is 0 Å². The van der Waals surface area contributed by atoms with E-state index in [0.717, 1.165) is 38.4 Å². The van der Waals surface area contributed by atoms with E-state index in [1.165, 1.54) is 0 Å². The minimum absolute atomic E-state index is 0.0124. The molecular weight excluding hydrogens is 576 g/mol. The average Bonchev–Trinajstić information content (AvgIpc) is 3.06. The van der Waals surface area contributed by atoms with Crippen LogP contribution in [-0.4, -0.2) is 38.9 Å². The lowest BCUT2D eigenvalue weighted by molar-refractivity contribution is -0.268. The van der Waals surface area contributed by atoms with Crippen LogP contribution in [0.3, 0.4) is 0 Å². The average molecular weight is 613 g/mol. The first-order valence-electron chi connectivity index (χ1n) is 14.6. The zero-order valence-electron chi connectivity index (χ0n) is 24.5. The number of aliphatic hydroxyl groups excluding tert-OH is 1. The van der Waals surface area contributed by atoms with E-state index in [1.54, 1.807) is 18.0 Å². The van der Waals surface area contributed by atoms with Crippen molar-refractivity contribution in [2.75, 3.05) is 5.75 Å². The Labute approximate surface area is 261 Å². The number of carboxylic acids is 1. The van der Waals surface area contributed by atoms with E-state index in [-0.39, 0.29) is 43.5 Å². The van der Waals surface area contributed by atoms with Gasteiger partial charge < -0.3 is 25.0 Å². The first-order valence-corrected chi connectivity index (χ1v) is 15.6. The number of pyridine rings is 1. The van der Waals surface area contributed by atoms with Crippen LogP contribution in [0, 0.1) is 5.92 Å². The summed E-state index contributed by atoms with van der Waals surface area (Å²) >= 11 is 1.66. The highest BCUT2D eigenvalue weighted by atomic mass is 32.2. The molecule has 44 heavy (non-hydrogen) atoms. The van der Waals surface area contributed by atoms with Crippen LogP contribution in [0.4, 0.5) is 0 Å². The third-order valence-corrected chi connectivity index (χ3v) is 8.66. The number of ether oxygens (including phenoxy) is 2. The smallest absolute Gasteiger partial charge is 0.303 e. The summed E-state index contributed by atoms with van der Waals surface area (Å²) in [6, 6.07) is 29.7. The number of amides is 1. The molecule has 9 heteroatoms. The maximum atomic E-state index is 12.0. The molecule has 3 aromatic carbocycles. The zero-order valence-corrected chi connectivity index (χ0v) is 25.3. The fourth-order valence-corrected chi connectivity index (χ4v) is 6.17. The van der Waals surface area contributed by atoms with Gasteiger partial charge in [-0.15, -0.1) is 11.8 Å². The van der Waals surface area contributed by atoms with Crippen LogP contribution >= 0.6 is 11.8 Å². The number of thioether (sulfide) groups is 1. The Kier molecular flexibility index (Phi) is 10.8. The molecule has 3 N–H and O–H groups in total. The van der Waals surface area contributed by atoms with Crippen molar-refractivity contribution in [3.05, 3.63) is 119 Å². The molecule has 1 aliphatic heterocycles. The number of aromatic nitrogens is 1. The minimum Gasteiger partial charge on any atom is -0.481 e. The summed E-state index contributed by atoms with van der Waals surface area (Å²) < 4.78 is 13.3. The summed E-state index contributed by atoms with van der Waals surface area (Å²) in [6.45, 7) is 2.44. The number of carbonyl (C=O) groups excluding carboxylic acids is 1. The van der Waals surface area contributed by atoms with Gasteiger partial charge in [-0.1, -0.05) is 73.7 Å². The largest absolute Gasteiger partial charge is 0.481 e. The molecule has 1 fully saturated rings. The molecule has 1 aliphatic rings. The highest BCUT2D eigenvalue weighted by Crippen LogP contribution is 2.43. The third-order valence-electron chi connectivity index (χ3n) is 7.63. The maximum absolute atomic E-state index is 12.0. The van der Waals surface area contributed by atoms with E-state index in [0.29, 0.717) is 12.3 Å². The van der Waals surface area contributed by atoms with E-state index in [9.17, 15) is 14.7 Å². The van der Waals surface area contributed by atoms with E-state index in [4.69, 9.17) is 14.6 Å². The molecule has 0 radical (unpaired) electrons. The lowest BCUT2D eigenvalue weighted by Gasteiger charge is -2.41. The lowest BCUT2D eigenvalue weighted by Crippen LogP contribution is -2.38. The lowest BCUT2D eigenvalue weighted by atomic mass is 9.91. The Morgan fingerprint density at radius 1 is 0.864 bits per heavy atom. The van der Waals surface area contributed by atoms with Gasteiger partial charge in [0, 0.05) is 36.4 Å². The van der Waals surface area contributed by atoms with E-state index < -0.39 is 12.3 Å². The summed E-state index contributed by atoms with van der Waals surface area (Å²) in [6.07, 6.45) is 0.622. The molecule has 1 saturated heterocycles. The van der Waals surface area contributed by atoms with Crippen molar-refractivity contribution in [1.82, 2.24) is 10.3 Å². The van der Waals surface area contributed by atoms with Gasteiger partial charge in [-0.3, -0.25) is 9.59 Å². The Bertz CT molecular complexity index is 1550. The predicted octanol–water partition coefficient (Wildman–Crippen LogP) is 6.31. The molecule has 1 amide bonds. The van der Waals surface area contributed by atoms with E-state index in [2.05, 4.69) is 23.3 Å². The number of benzene rings is 3. The maximum Gasteiger partial charge on any atom is 0.303 e. The van der Waals surface area contributed by atoms with Crippen molar-refractivity contribution in [2.45, 2.75) is 56.4 Å². The van der Waals surface area contributed by atoms with Crippen molar-refractivity contribution >= 4 is 23.6 Å². The van der Waals surface area contributed by atoms with Crippen molar-refractivity contribution in [2.24, 2.45) is 5.92 Å².